The third-order valence-corrected chi connectivity index (χ3v) is 5.74. The molecule has 0 amide bonds. The maximum Gasteiger partial charge on any atom is 0.147 e. The molecule has 2 heterocycles. The van der Waals surface area contributed by atoms with Gasteiger partial charge in [-0.2, -0.15) is 0 Å². The van der Waals surface area contributed by atoms with Crippen LogP contribution >= 0.6 is 38.9 Å². The maximum atomic E-state index is 6.25. The van der Waals surface area contributed by atoms with Crippen molar-refractivity contribution in [2.75, 3.05) is 0 Å². The predicted octanol–water partition coefficient (Wildman–Crippen LogP) is 4.91. The molecule has 0 aliphatic heterocycles. The number of aryl methyl sites for hydroxylation is 1. The van der Waals surface area contributed by atoms with Crippen LogP contribution in [0.3, 0.4) is 0 Å². The van der Waals surface area contributed by atoms with Gasteiger partial charge in [0.25, 0.3) is 0 Å². The number of hydrogen-bond acceptors (Lipinski definition) is 4. The van der Waals surface area contributed by atoms with Gasteiger partial charge in [0.2, 0.25) is 0 Å². The molecule has 0 atom stereocenters. The van der Waals surface area contributed by atoms with Crippen molar-refractivity contribution >= 4 is 38.9 Å². The lowest BCUT2D eigenvalue weighted by Gasteiger charge is -2.13. The molecule has 1 fully saturated rings. The number of halogens is 2. The van der Waals surface area contributed by atoms with Crippen LogP contribution in [0.4, 0.5) is 0 Å². The molecule has 1 aliphatic rings. The molecule has 0 unspecified atom stereocenters. The van der Waals surface area contributed by atoms with Crippen molar-refractivity contribution in [2.24, 2.45) is 0 Å². The summed E-state index contributed by atoms with van der Waals surface area (Å²) >= 11 is 11.4. The standard InChI is InChI=1S/C14H15BrClN3S/c1-8-17-10(7-20-8)6-11-18-13(9-4-2-3-5-9)12(15)14(16)19-11/h7,9H,2-6H2,1H3. The Bertz CT molecular complexity index is 623. The maximum absolute atomic E-state index is 6.25. The van der Waals surface area contributed by atoms with Gasteiger partial charge in [0, 0.05) is 11.3 Å². The number of aromatic nitrogens is 3. The van der Waals surface area contributed by atoms with Crippen molar-refractivity contribution in [2.45, 2.75) is 44.9 Å². The summed E-state index contributed by atoms with van der Waals surface area (Å²) in [6.07, 6.45) is 5.60. The first-order valence-corrected chi connectivity index (χ1v) is 8.81. The average Bonchev–Trinajstić information content (AvgIpc) is 3.05. The number of hydrogen-bond donors (Lipinski definition) is 0. The van der Waals surface area contributed by atoms with Gasteiger partial charge in [-0.15, -0.1) is 11.3 Å². The van der Waals surface area contributed by atoms with Gasteiger partial charge in [-0.05, 0) is 35.7 Å². The summed E-state index contributed by atoms with van der Waals surface area (Å²) < 4.78 is 0.865. The van der Waals surface area contributed by atoms with E-state index in [2.05, 4.69) is 31.3 Å². The first kappa shape index (κ1) is 14.4. The fourth-order valence-corrected chi connectivity index (χ4v) is 3.99. The molecule has 106 valence electrons. The van der Waals surface area contributed by atoms with Gasteiger partial charge in [0.05, 0.1) is 27.3 Å². The molecule has 0 N–H and O–H groups in total. The lowest BCUT2D eigenvalue weighted by molar-refractivity contribution is 0.680. The van der Waals surface area contributed by atoms with Crippen molar-refractivity contribution in [1.29, 1.82) is 0 Å². The van der Waals surface area contributed by atoms with Crippen molar-refractivity contribution in [1.82, 2.24) is 15.0 Å². The molecule has 0 radical (unpaired) electrons. The van der Waals surface area contributed by atoms with E-state index in [4.69, 9.17) is 16.6 Å². The average molecular weight is 373 g/mol. The Morgan fingerprint density at radius 3 is 2.70 bits per heavy atom. The Kier molecular flexibility index (Phi) is 4.38. The molecule has 3 rings (SSSR count). The number of nitrogens with zero attached hydrogens (tertiary/aromatic N) is 3. The van der Waals surface area contributed by atoms with Crippen LogP contribution in [0.15, 0.2) is 9.85 Å². The Hall–Kier alpha value is -0.520. The van der Waals surface area contributed by atoms with Gasteiger partial charge in [0.15, 0.2) is 0 Å². The molecule has 2 aromatic heterocycles. The predicted molar refractivity (Wildman–Crippen MR) is 85.6 cm³/mol. The second kappa shape index (κ2) is 6.08. The zero-order chi connectivity index (χ0) is 14.1. The van der Waals surface area contributed by atoms with E-state index in [-0.39, 0.29) is 0 Å². The highest BCUT2D eigenvalue weighted by Gasteiger charge is 2.23. The van der Waals surface area contributed by atoms with Crippen molar-refractivity contribution in [3.05, 3.63) is 37.2 Å². The van der Waals surface area contributed by atoms with E-state index in [1.807, 2.05) is 6.92 Å². The van der Waals surface area contributed by atoms with Gasteiger partial charge in [-0.1, -0.05) is 24.4 Å². The molecule has 20 heavy (non-hydrogen) atoms. The largest absolute Gasteiger partial charge is 0.246 e. The molecular formula is C14H15BrClN3S. The molecule has 0 bridgehead atoms. The first-order chi connectivity index (χ1) is 9.63. The van der Waals surface area contributed by atoms with Crippen LogP contribution in [0.5, 0.6) is 0 Å². The number of thiazole rings is 1. The van der Waals surface area contributed by atoms with E-state index in [9.17, 15) is 0 Å². The minimum absolute atomic E-state index is 0.515. The third kappa shape index (κ3) is 3.05. The second-order valence-corrected chi connectivity index (χ2v) is 7.36. The van der Waals surface area contributed by atoms with Crippen LogP contribution in [-0.4, -0.2) is 15.0 Å². The van der Waals surface area contributed by atoms with Crippen LogP contribution in [0.1, 0.15) is 53.8 Å². The van der Waals surface area contributed by atoms with Crippen LogP contribution in [0.25, 0.3) is 0 Å². The molecule has 1 saturated carbocycles. The topological polar surface area (TPSA) is 38.7 Å². The van der Waals surface area contributed by atoms with Crippen molar-refractivity contribution < 1.29 is 0 Å². The van der Waals surface area contributed by atoms with E-state index in [1.165, 1.54) is 25.7 Å². The Balaban J connectivity index is 1.91. The van der Waals surface area contributed by atoms with Gasteiger partial charge in [-0.3, -0.25) is 0 Å². The summed E-state index contributed by atoms with van der Waals surface area (Å²) in [4.78, 5) is 13.6. The van der Waals surface area contributed by atoms with E-state index >= 15 is 0 Å². The lowest BCUT2D eigenvalue weighted by atomic mass is 10.0. The molecule has 0 saturated heterocycles. The lowest BCUT2D eigenvalue weighted by Crippen LogP contribution is -2.06. The zero-order valence-electron chi connectivity index (χ0n) is 11.2. The van der Waals surface area contributed by atoms with E-state index in [0.29, 0.717) is 17.5 Å². The van der Waals surface area contributed by atoms with Crippen LogP contribution in [-0.2, 0) is 6.42 Å². The summed E-state index contributed by atoms with van der Waals surface area (Å²) in [5, 5.41) is 3.65. The second-order valence-electron chi connectivity index (χ2n) is 5.15. The summed E-state index contributed by atoms with van der Waals surface area (Å²) in [7, 11) is 0. The summed E-state index contributed by atoms with van der Waals surface area (Å²) in [5.41, 5.74) is 2.09. The molecule has 0 spiro atoms. The smallest absolute Gasteiger partial charge is 0.147 e. The molecule has 0 aromatic carbocycles. The molecule has 2 aromatic rings. The van der Waals surface area contributed by atoms with Gasteiger partial charge in [0.1, 0.15) is 11.0 Å². The van der Waals surface area contributed by atoms with Gasteiger partial charge >= 0.3 is 0 Å². The first-order valence-electron chi connectivity index (χ1n) is 6.76. The summed E-state index contributed by atoms with van der Waals surface area (Å²) in [6, 6.07) is 0. The zero-order valence-corrected chi connectivity index (χ0v) is 14.4. The summed E-state index contributed by atoms with van der Waals surface area (Å²) in [5.74, 6) is 1.28. The Morgan fingerprint density at radius 2 is 2.05 bits per heavy atom. The van der Waals surface area contributed by atoms with Crippen LogP contribution in [0, 0.1) is 6.92 Å². The Morgan fingerprint density at radius 1 is 1.30 bits per heavy atom. The summed E-state index contributed by atoms with van der Waals surface area (Å²) in [6.45, 7) is 2.01. The molecular weight excluding hydrogens is 358 g/mol. The highest BCUT2D eigenvalue weighted by molar-refractivity contribution is 9.10. The minimum atomic E-state index is 0.515. The quantitative estimate of drug-likeness (QED) is 0.719. The highest BCUT2D eigenvalue weighted by Crippen LogP contribution is 2.38. The third-order valence-electron chi connectivity index (χ3n) is 3.63. The van der Waals surface area contributed by atoms with Crippen LogP contribution in [0.2, 0.25) is 5.15 Å². The van der Waals surface area contributed by atoms with E-state index in [1.54, 1.807) is 11.3 Å². The molecule has 3 nitrogen and oxygen atoms in total. The van der Waals surface area contributed by atoms with Crippen molar-refractivity contribution in [3.8, 4) is 0 Å². The monoisotopic (exact) mass is 371 g/mol. The fraction of sp³-hybridized carbons (Fsp3) is 0.500. The number of rotatable bonds is 3. The van der Waals surface area contributed by atoms with Crippen molar-refractivity contribution in [3.63, 3.8) is 0 Å². The van der Waals surface area contributed by atoms with E-state index in [0.717, 1.165) is 26.7 Å². The normalized spacial score (nSPS) is 15.9. The minimum Gasteiger partial charge on any atom is -0.246 e. The highest BCUT2D eigenvalue weighted by atomic mass is 79.9. The molecule has 1 aliphatic carbocycles. The van der Waals surface area contributed by atoms with E-state index < -0.39 is 0 Å². The van der Waals surface area contributed by atoms with Gasteiger partial charge < -0.3 is 0 Å². The molecule has 6 heteroatoms. The van der Waals surface area contributed by atoms with Crippen LogP contribution < -0.4 is 0 Å². The Labute approximate surface area is 136 Å². The fourth-order valence-electron chi connectivity index (χ4n) is 2.68. The van der Waals surface area contributed by atoms with Gasteiger partial charge in [-0.25, -0.2) is 15.0 Å². The SMILES string of the molecule is Cc1nc(Cc2nc(Cl)c(Br)c(C3CCCC3)n2)cs1.